The largest absolute Gasteiger partial charge is 2.00 e. The first-order valence-electron chi connectivity index (χ1n) is 13.7. The fraction of sp³-hybridized carbons (Fsp3) is 0.222. The second kappa shape index (κ2) is 10.9. The second-order valence-corrected chi connectivity index (χ2v) is 12.3. The number of para-hydroxylation sites is 1. The molecule has 6 aromatic rings. The van der Waals surface area contributed by atoms with Crippen LogP contribution in [0.5, 0.6) is 11.6 Å². The Bertz CT molecular complexity index is 1860. The number of benzene rings is 3. The van der Waals surface area contributed by atoms with Crippen molar-refractivity contribution < 1.29 is 25.8 Å². The summed E-state index contributed by atoms with van der Waals surface area (Å²) >= 11 is 0. The molecule has 0 saturated heterocycles. The van der Waals surface area contributed by atoms with Crippen LogP contribution in [-0.4, -0.2) is 14.5 Å². The van der Waals surface area contributed by atoms with Crippen LogP contribution in [0.2, 0.25) is 0 Å². The van der Waals surface area contributed by atoms with Crippen molar-refractivity contribution in [3.63, 3.8) is 0 Å². The van der Waals surface area contributed by atoms with Crippen LogP contribution in [0, 0.1) is 12.1 Å². The Labute approximate surface area is 256 Å². The normalized spacial score (nSPS) is 12.0. The van der Waals surface area contributed by atoms with E-state index in [4.69, 9.17) is 9.72 Å². The van der Waals surface area contributed by atoms with Gasteiger partial charge in [-0.15, -0.1) is 18.2 Å². The number of ether oxygens (including phenoxy) is 1. The molecule has 208 valence electrons. The molecule has 0 aliphatic heterocycles. The topological polar surface area (TPSA) is 39.9 Å². The van der Waals surface area contributed by atoms with Crippen LogP contribution >= 0.6 is 0 Å². The molecule has 0 spiro atoms. The van der Waals surface area contributed by atoms with Crippen LogP contribution in [0.4, 0.5) is 0 Å². The zero-order valence-corrected chi connectivity index (χ0v) is 26.5. The third-order valence-electron chi connectivity index (χ3n) is 7.27. The summed E-state index contributed by atoms with van der Waals surface area (Å²) in [5, 5.41) is 2.31. The Kier molecular flexibility index (Phi) is 7.65. The van der Waals surface area contributed by atoms with Crippen LogP contribution < -0.4 is 4.74 Å². The van der Waals surface area contributed by atoms with Crippen molar-refractivity contribution in [3.8, 4) is 28.6 Å². The molecule has 3 aromatic carbocycles. The Morgan fingerprint density at radius 3 is 2.24 bits per heavy atom. The molecule has 0 unspecified atom stereocenters. The van der Waals surface area contributed by atoms with Gasteiger partial charge < -0.3 is 9.30 Å². The van der Waals surface area contributed by atoms with E-state index in [0.29, 0.717) is 11.6 Å². The van der Waals surface area contributed by atoms with Crippen LogP contribution in [-0.2, 0) is 31.9 Å². The standard InChI is InChI=1S/C36H33N3O.Pt/c1-35(2,3)26-18-20-37-33(23-26)39-31-15-8-7-13-28(31)29-17-16-25(22-32(29)39)24-11-9-12-27(21-24)40-34-30(36(4,5)6)14-10-19-38-34;/h7-20,23H,1-6H3;/q-2;+2. The average molecular weight is 719 g/mol. The first-order chi connectivity index (χ1) is 19.1. The molecule has 0 saturated carbocycles. The third kappa shape index (κ3) is 5.59. The smallest absolute Gasteiger partial charge is 0.460 e. The number of pyridine rings is 2. The molecule has 0 radical (unpaired) electrons. The third-order valence-corrected chi connectivity index (χ3v) is 7.27. The molecule has 0 amide bonds. The molecule has 41 heavy (non-hydrogen) atoms. The number of hydrogen-bond donors (Lipinski definition) is 0. The van der Waals surface area contributed by atoms with Crippen molar-refractivity contribution in [2.75, 3.05) is 0 Å². The Morgan fingerprint density at radius 2 is 1.46 bits per heavy atom. The number of rotatable bonds is 4. The van der Waals surface area contributed by atoms with Gasteiger partial charge in [-0.3, -0.25) is 0 Å². The van der Waals surface area contributed by atoms with Crippen molar-refractivity contribution in [1.29, 1.82) is 0 Å². The zero-order valence-electron chi connectivity index (χ0n) is 24.2. The van der Waals surface area contributed by atoms with E-state index in [2.05, 4.69) is 118 Å². The molecule has 0 bridgehead atoms. The summed E-state index contributed by atoms with van der Waals surface area (Å²) in [7, 11) is 0. The van der Waals surface area contributed by atoms with Gasteiger partial charge in [-0.2, -0.15) is 24.3 Å². The van der Waals surface area contributed by atoms with Gasteiger partial charge in [-0.05, 0) is 51.6 Å². The molecule has 3 aromatic heterocycles. The van der Waals surface area contributed by atoms with E-state index >= 15 is 0 Å². The van der Waals surface area contributed by atoms with Gasteiger partial charge in [-0.25, -0.2) is 21.1 Å². The van der Waals surface area contributed by atoms with Gasteiger partial charge >= 0.3 is 21.1 Å². The minimum Gasteiger partial charge on any atom is -0.460 e. The monoisotopic (exact) mass is 718 g/mol. The van der Waals surface area contributed by atoms with Gasteiger partial charge in [0.2, 0.25) is 5.88 Å². The molecule has 3 heterocycles. The van der Waals surface area contributed by atoms with E-state index in [1.807, 2.05) is 30.5 Å². The van der Waals surface area contributed by atoms with E-state index in [-0.39, 0.29) is 31.9 Å². The molecule has 0 atom stereocenters. The summed E-state index contributed by atoms with van der Waals surface area (Å²) in [5.74, 6) is 2.11. The Hall–Kier alpha value is -3.75. The van der Waals surface area contributed by atoms with Gasteiger partial charge in [0.1, 0.15) is 5.82 Å². The van der Waals surface area contributed by atoms with Crippen molar-refractivity contribution in [2.24, 2.45) is 0 Å². The quantitative estimate of drug-likeness (QED) is 0.171. The van der Waals surface area contributed by atoms with Crippen LogP contribution in [0.1, 0.15) is 52.7 Å². The van der Waals surface area contributed by atoms with Gasteiger partial charge in [0.05, 0.1) is 0 Å². The van der Waals surface area contributed by atoms with Gasteiger partial charge in [0, 0.05) is 29.2 Å². The van der Waals surface area contributed by atoms with Crippen LogP contribution in [0.15, 0.2) is 91.3 Å². The fourth-order valence-corrected chi connectivity index (χ4v) is 5.11. The van der Waals surface area contributed by atoms with Gasteiger partial charge in [0.25, 0.3) is 0 Å². The molecule has 0 aliphatic rings. The second-order valence-electron chi connectivity index (χ2n) is 12.3. The predicted octanol–water partition coefficient (Wildman–Crippen LogP) is 9.23. The van der Waals surface area contributed by atoms with Gasteiger partial charge in [-0.1, -0.05) is 71.2 Å². The van der Waals surface area contributed by atoms with Crippen molar-refractivity contribution in [2.45, 2.75) is 52.4 Å². The predicted molar refractivity (Wildman–Crippen MR) is 163 cm³/mol. The van der Waals surface area contributed by atoms with Crippen molar-refractivity contribution >= 4 is 21.8 Å². The summed E-state index contributed by atoms with van der Waals surface area (Å²) < 4.78 is 8.49. The van der Waals surface area contributed by atoms with E-state index in [1.54, 1.807) is 6.20 Å². The van der Waals surface area contributed by atoms with E-state index < -0.39 is 0 Å². The van der Waals surface area contributed by atoms with Gasteiger partial charge in [0.15, 0.2) is 0 Å². The summed E-state index contributed by atoms with van der Waals surface area (Å²) in [6, 6.07) is 34.1. The summed E-state index contributed by atoms with van der Waals surface area (Å²) in [6.45, 7) is 13.2. The number of hydrogen-bond acceptors (Lipinski definition) is 3. The van der Waals surface area contributed by atoms with E-state index in [0.717, 1.165) is 38.9 Å². The fourth-order valence-electron chi connectivity index (χ4n) is 5.11. The SMILES string of the molecule is CC(C)(C)c1ccnc(-n2c3[c-]c(-c4[c-]c(Oc5ncccc5C(C)(C)C)ccc4)ccc3c3ccccc32)c1.[Pt+2]. The maximum Gasteiger partial charge on any atom is 2.00 e. The molecule has 0 N–H and O–H groups in total. The maximum absolute atomic E-state index is 6.28. The number of nitrogens with zero attached hydrogens (tertiary/aromatic N) is 3. The minimum absolute atomic E-state index is 0. The molecular formula is C36H33N3OPt. The summed E-state index contributed by atoms with van der Waals surface area (Å²) in [6.07, 6.45) is 3.66. The molecule has 0 aliphatic carbocycles. The first kappa shape index (κ1) is 28.8. The molecule has 4 nitrogen and oxygen atoms in total. The Balaban J connectivity index is 0.00000337. The number of aromatic nitrogens is 3. The van der Waals surface area contributed by atoms with E-state index in [1.165, 1.54) is 10.9 Å². The average Bonchev–Trinajstić information content (AvgIpc) is 3.26. The Morgan fingerprint density at radius 1 is 0.683 bits per heavy atom. The van der Waals surface area contributed by atoms with Crippen molar-refractivity contribution in [3.05, 3.63) is 115 Å². The molecular weight excluding hydrogens is 685 g/mol. The van der Waals surface area contributed by atoms with Crippen molar-refractivity contribution in [1.82, 2.24) is 14.5 Å². The molecule has 6 rings (SSSR count). The minimum atomic E-state index is -0.0915. The zero-order chi connectivity index (χ0) is 28.1. The van der Waals surface area contributed by atoms with Crippen LogP contribution in [0.3, 0.4) is 0 Å². The molecule has 0 fully saturated rings. The van der Waals surface area contributed by atoms with Crippen LogP contribution in [0.25, 0.3) is 38.8 Å². The first-order valence-corrected chi connectivity index (χ1v) is 13.7. The maximum atomic E-state index is 6.28. The summed E-state index contributed by atoms with van der Waals surface area (Å²) in [4.78, 5) is 9.31. The summed E-state index contributed by atoms with van der Waals surface area (Å²) in [5.41, 5.74) is 6.14. The van der Waals surface area contributed by atoms with E-state index in [9.17, 15) is 0 Å². The number of fused-ring (bicyclic) bond motifs is 3. The molecule has 5 heteroatoms.